The van der Waals surface area contributed by atoms with Crippen LogP contribution in [0.5, 0.6) is 0 Å². The fourth-order valence-electron chi connectivity index (χ4n) is 6.07. The highest BCUT2D eigenvalue weighted by Gasteiger charge is 2.43. The summed E-state index contributed by atoms with van der Waals surface area (Å²) >= 11 is 6.66. The normalized spacial score (nSPS) is 25.1. The van der Waals surface area contributed by atoms with Crippen LogP contribution in [0.2, 0.25) is 5.02 Å². The summed E-state index contributed by atoms with van der Waals surface area (Å²) in [6, 6.07) is 8.81. The molecule has 3 aliphatic carbocycles. The number of nitrogens with zero attached hydrogens (tertiary/aromatic N) is 3. The summed E-state index contributed by atoms with van der Waals surface area (Å²) in [5, 5.41) is 10.3. The summed E-state index contributed by atoms with van der Waals surface area (Å²) in [6.45, 7) is 1.26. The van der Waals surface area contributed by atoms with Crippen molar-refractivity contribution in [3.63, 3.8) is 0 Å². The average Bonchev–Trinajstić information content (AvgIpc) is 3.74. The molecule has 2 aromatic rings. The van der Waals surface area contributed by atoms with Gasteiger partial charge in [0.05, 0.1) is 16.9 Å². The number of hydrogen-bond acceptors (Lipinski definition) is 6. The largest absolute Gasteiger partial charge is 0.353 e. The maximum Gasteiger partial charge on any atom is 0.243 e. The quantitative estimate of drug-likeness (QED) is 0.337. The van der Waals surface area contributed by atoms with E-state index in [9.17, 15) is 9.59 Å². The van der Waals surface area contributed by atoms with Gasteiger partial charge < -0.3 is 20.9 Å². The molecular weight excluding hydrogens is 548 g/mol. The maximum atomic E-state index is 12.9. The molecule has 1 aromatic carbocycles. The van der Waals surface area contributed by atoms with E-state index < -0.39 is 0 Å². The van der Waals surface area contributed by atoms with E-state index in [1.165, 1.54) is 17.5 Å². The van der Waals surface area contributed by atoms with Crippen LogP contribution in [-0.4, -0.2) is 66.0 Å². The fraction of sp³-hybridized carbons (Fsp3) is 0.515. The molecule has 0 unspecified atom stereocenters. The first kappa shape index (κ1) is 30.2. The van der Waals surface area contributed by atoms with Crippen molar-refractivity contribution in [3.05, 3.63) is 70.5 Å². The Kier molecular flexibility index (Phi) is 10.3. The molecule has 0 radical (unpaired) electrons. The van der Waals surface area contributed by atoms with Crippen LogP contribution < -0.4 is 16.0 Å². The predicted octanol–water partition coefficient (Wildman–Crippen LogP) is 5.00. The molecule has 224 valence electrons. The van der Waals surface area contributed by atoms with Crippen LogP contribution in [0.15, 0.2) is 48.7 Å². The number of benzene rings is 1. The van der Waals surface area contributed by atoms with Gasteiger partial charge in [-0.25, -0.2) is 9.97 Å². The summed E-state index contributed by atoms with van der Waals surface area (Å²) in [5.74, 6) is 0.757. The number of halogens is 1. The standard InChI is InChI=1S/C33H43ClN6O2/c1-40(2)17-9-16-30(41)35-20-23-18-28(23)32(42)37-24-12-8-13-25(19-24)38-33-36-21-29(34)31(39-33)27-15-5-3-4-10-22-11-6-7-14-26(22)27/h6-7,9,11,14-16,21,23-25,28H,3-5,8,10,12-13,17-20H2,1-2H3,(H,35,41)(H,37,42)(H,36,38,39)/b16-9+,27-15+/t23-,24+,25-,28+/m1/s1. The predicted molar refractivity (Wildman–Crippen MR) is 168 cm³/mol. The molecule has 4 atom stereocenters. The Hall–Kier alpha value is -3.23. The zero-order chi connectivity index (χ0) is 29.5. The molecule has 1 heterocycles. The number of aryl methyl sites for hydroxylation is 1. The number of amides is 2. The number of aromatic nitrogens is 2. The van der Waals surface area contributed by atoms with E-state index in [1.807, 2.05) is 25.1 Å². The molecule has 9 heteroatoms. The van der Waals surface area contributed by atoms with Crippen molar-refractivity contribution in [2.24, 2.45) is 11.8 Å². The lowest BCUT2D eigenvalue weighted by Gasteiger charge is -2.30. The third kappa shape index (κ3) is 8.19. The molecule has 0 aliphatic heterocycles. The number of allylic oxidation sites excluding steroid dienone is 1. The molecule has 0 saturated heterocycles. The number of rotatable bonds is 10. The maximum absolute atomic E-state index is 12.9. The number of likely N-dealkylation sites (N-methyl/N-ethyl adjacent to an activating group) is 1. The van der Waals surface area contributed by atoms with Gasteiger partial charge in [0.25, 0.3) is 0 Å². The number of nitrogens with one attached hydrogen (secondary N) is 3. The van der Waals surface area contributed by atoms with Gasteiger partial charge in [-0.3, -0.25) is 9.59 Å². The smallest absolute Gasteiger partial charge is 0.243 e. The van der Waals surface area contributed by atoms with E-state index in [2.05, 4.69) is 51.3 Å². The lowest BCUT2D eigenvalue weighted by molar-refractivity contribution is -0.123. The second-order valence-electron chi connectivity index (χ2n) is 12.1. The van der Waals surface area contributed by atoms with Crippen LogP contribution in [0, 0.1) is 11.8 Å². The molecule has 42 heavy (non-hydrogen) atoms. The summed E-state index contributed by atoms with van der Waals surface area (Å²) in [7, 11) is 3.91. The SMILES string of the molecule is CN(C)C/C=C/C(=O)NC[C@H]1C[C@@H]1C(=O)N[C@H]1CCC[C@@H](Nc2ncc(Cl)c(/C3=C/CCCCc4ccccc43)n2)C1. The van der Waals surface area contributed by atoms with E-state index in [1.54, 1.807) is 12.3 Å². The monoisotopic (exact) mass is 590 g/mol. The van der Waals surface area contributed by atoms with Crippen LogP contribution in [0.3, 0.4) is 0 Å². The van der Waals surface area contributed by atoms with Gasteiger partial charge in [0, 0.05) is 42.7 Å². The van der Waals surface area contributed by atoms with E-state index >= 15 is 0 Å². The first-order valence-corrected chi connectivity index (χ1v) is 15.7. The van der Waals surface area contributed by atoms with Gasteiger partial charge in [-0.2, -0.15) is 0 Å². The molecule has 2 saturated carbocycles. The molecule has 8 nitrogen and oxygen atoms in total. The first-order chi connectivity index (χ1) is 20.4. The van der Waals surface area contributed by atoms with Crippen LogP contribution in [-0.2, 0) is 16.0 Å². The highest BCUT2D eigenvalue weighted by Crippen LogP contribution is 2.38. The molecular formula is C33H43ClN6O2. The van der Waals surface area contributed by atoms with Gasteiger partial charge >= 0.3 is 0 Å². The minimum absolute atomic E-state index is 0.0218. The minimum atomic E-state index is -0.105. The van der Waals surface area contributed by atoms with Crippen molar-refractivity contribution < 1.29 is 9.59 Å². The van der Waals surface area contributed by atoms with Crippen LogP contribution in [0.1, 0.15) is 68.2 Å². The zero-order valence-corrected chi connectivity index (χ0v) is 25.5. The Morgan fingerprint density at radius 2 is 1.93 bits per heavy atom. The van der Waals surface area contributed by atoms with Crippen molar-refractivity contribution in [2.75, 3.05) is 32.5 Å². The number of anilines is 1. The highest BCUT2D eigenvalue weighted by molar-refractivity contribution is 6.32. The van der Waals surface area contributed by atoms with E-state index in [0.29, 0.717) is 17.5 Å². The molecule has 5 rings (SSSR count). The Balaban J connectivity index is 1.14. The lowest BCUT2D eigenvalue weighted by Crippen LogP contribution is -2.43. The molecule has 1 aromatic heterocycles. The molecule has 2 fully saturated rings. The van der Waals surface area contributed by atoms with Crippen LogP contribution in [0.4, 0.5) is 5.95 Å². The van der Waals surface area contributed by atoms with Crippen LogP contribution >= 0.6 is 11.6 Å². The van der Waals surface area contributed by atoms with E-state index in [-0.39, 0.29) is 35.7 Å². The first-order valence-electron chi connectivity index (χ1n) is 15.3. The van der Waals surface area contributed by atoms with E-state index in [4.69, 9.17) is 16.6 Å². The van der Waals surface area contributed by atoms with Crippen molar-refractivity contribution in [2.45, 2.75) is 69.9 Å². The average molecular weight is 591 g/mol. The summed E-state index contributed by atoms with van der Waals surface area (Å²) in [5.41, 5.74) is 4.37. The van der Waals surface area contributed by atoms with Gasteiger partial charge in [-0.1, -0.05) is 48.0 Å². The molecule has 0 bridgehead atoms. The Morgan fingerprint density at radius 1 is 1.10 bits per heavy atom. The van der Waals surface area contributed by atoms with Crippen molar-refractivity contribution >= 4 is 34.9 Å². The Bertz CT molecular complexity index is 1330. The van der Waals surface area contributed by atoms with Gasteiger partial charge in [0.2, 0.25) is 17.8 Å². The molecule has 2 amide bonds. The lowest BCUT2D eigenvalue weighted by atomic mass is 9.90. The fourth-order valence-corrected chi connectivity index (χ4v) is 6.26. The van der Waals surface area contributed by atoms with E-state index in [0.717, 1.165) is 69.2 Å². The summed E-state index contributed by atoms with van der Waals surface area (Å²) < 4.78 is 0. The van der Waals surface area contributed by atoms with Gasteiger partial charge in [0.15, 0.2) is 0 Å². The van der Waals surface area contributed by atoms with Crippen LogP contribution in [0.25, 0.3) is 5.57 Å². The second-order valence-corrected chi connectivity index (χ2v) is 12.5. The summed E-state index contributed by atoms with van der Waals surface area (Å²) in [6.07, 6.45) is 16.4. The molecule has 3 N–H and O–H groups in total. The van der Waals surface area contributed by atoms with Crippen molar-refractivity contribution in [1.29, 1.82) is 0 Å². The van der Waals surface area contributed by atoms with Gasteiger partial charge in [0.1, 0.15) is 0 Å². The topological polar surface area (TPSA) is 99.2 Å². The zero-order valence-electron chi connectivity index (χ0n) is 24.7. The van der Waals surface area contributed by atoms with Gasteiger partial charge in [-0.15, -0.1) is 0 Å². The third-order valence-corrected chi connectivity index (χ3v) is 8.72. The second kappa shape index (κ2) is 14.3. The number of carbonyl (C=O) groups excluding carboxylic acids is 2. The highest BCUT2D eigenvalue weighted by atomic mass is 35.5. The number of hydrogen-bond donors (Lipinski definition) is 3. The molecule has 0 spiro atoms. The number of carbonyl (C=O) groups is 2. The van der Waals surface area contributed by atoms with Crippen molar-refractivity contribution in [3.8, 4) is 0 Å². The Morgan fingerprint density at radius 3 is 2.79 bits per heavy atom. The van der Waals surface area contributed by atoms with Crippen molar-refractivity contribution in [1.82, 2.24) is 25.5 Å². The van der Waals surface area contributed by atoms with Gasteiger partial charge in [-0.05, 0) is 88.9 Å². The summed E-state index contributed by atoms with van der Waals surface area (Å²) in [4.78, 5) is 36.4. The third-order valence-electron chi connectivity index (χ3n) is 8.45. The Labute approximate surface area is 254 Å². The molecule has 3 aliphatic rings. The minimum Gasteiger partial charge on any atom is -0.353 e. The number of fused-ring (bicyclic) bond motifs is 1.